The number of aliphatic hydroxyl groups is 2. The Hall–Kier alpha value is 0.899. The molecule has 0 aliphatic rings. The molecule has 15 heavy (non-hydrogen) atoms. The summed E-state index contributed by atoms with van der Waals surface area (Å²) in [4.78, 5) is 0. The van der Waals surface area contributed by atoms with Crippen LogP contribution in [0.5, 0.6) is 0 Å². The molecule has 0 heterocycles. The Kier molecular flexibility index (Phi) is 18.3. The summed E-state index contributed by atoms with van der Waals surface area (Å²) in [5.74, 6) is 0. The summed E-state index contributed by atoms with van der Waals surface area (Å²) in [6.07, 6.45) is 2.00. The predicted molar refractivity (Wildman–Crippen MR) is 70.8 cm³/mol. The molecule has 92 valence electrons. The van der Waals surface area contributed by atoms with E-state index in [4.69, 9.17) is 45.9 Å². The van der Waals surface area contributed by atoms with E-state index in [0.29, 0.717) is 0 Å². The fraction of sp³-hybridized carbons (Fsp3) is 0.667. The van der Waals surface area contributed by atoms with Crippen molar-refractivity contribution >= 4 is 62.4 Å². The second-order valence-corrected chi connectivity index (χ2v) is 28.0. The monoisotopic (exact) mass is 408 g/mol. The van der Waals surface area contributed by atoms with Gasteiger partial charge >= 0.3 is 62.4 Å². The van der Waals surface area contributed by atoms with Gasteiger partial charge in [0.25, 0.3) is 0 Å². The van der Waals surface area contributed by atoms with Crippen molar-refractivity contribution in [2.45, 2.75) is 0 Å². The number of hydrogen-bond donors (Lipinski definition) is 2. The first kappa shape index (κ1) is 21.2. The summed E-state index contributed by atoms with van der Waals surface area (Å²) in [6, 6.07) is 0. The second kappa shape index (κ2) is 13.0. The molecule has 4 nitrogen and oxygen atoms in total. The molecule has 0 aromatic carbocycles. The predicted octanol–water partition coefficient (Wildman–Crippen LogP) is 2.07. The molecule has 0 aromatic heterocycles. The second-order valence-electron chi connectivity index (χ2n) is 2.59. The van der Waals surface area contributed by atoms with Gasteiger partial charge < -0.3 is 10.2 Å². The molecule has 0 atom stereocenters. The molecule has 0 aliphatic carbocycles. The molecule has 0 amide bonds. The molecular formula is C6H16Cl4N2O2Sn+2. The van der Waals surface area contributed by atoms with Crippen LogP contribution in [0.1, 0.15) is 0 Å². The SMILES string of the molecule is C[N+](C)=CO.C[N+](C)=CO.[Cl][Sn]([Cl])([Cl])[Cl]. The standard InChI is InChI=1S/2C3H7NO.4ClH.Sn/c2*1-4(2)3-5;;;;;/h2*3H,1-2H3;4*1H;/q;;;;;;+4/p-2. The van der Waals surface area contributed by atoms with Crippen molar-refractivity contribution in [2.75, 3.05) is 28.2 Å². The van der Waals surface area contributed by atoms with Crippen LogP contribution < -0.4 is 0 Å². The first-order valence-corrected chi connectivity index (χ1v) is 18.0. The van der Waals surface area contributed by atoms with Gasteiger partial charge in [-0.15, -0.1) is 0 Å². The van der Waals surface area contributed by atoms with Gasteiger partial charge in [-0.1, -0.05) is 0 Å². The van der Waals surface area contributed by atoms with Gasteiger partial charge in [-0.05, 0) is 0 Å². The molecule has 0 aliphatic heterocycles. The normalized spacial score (nSPS) is 8.53. The van der Waals surface area contributed by atoms with Gasteiger partial charge in [-0.2, -0.15) is 0 Å². The number of rotatable bonds is 0. The average Bonchev–Trinajstić information content (AvgIpc) is 2.02. The number of hydrogen-bond acceptors (Lipinski definition) is 0. The fourth-order valence-electron chi connectivity index (χ4n) is 0. The quantitative estimate of drug-likeness (QED) is 0.279. The molecule has 0 aromatic rings. The van der Waals surface area contributed by atoms with Crippen LogP contribution in [0.15, 0.2) is 0 Å². The van der Waals surface area contributed by atoms with Crippen molar-refractivity contribution in [3.8, 4) is 0 Å². The Morgan fingerprint density at radius 1 is 0.800 bits per heavy atom. The molecule has 9 heteroatoms. The molecule has 0 spiro atoms. The molecule has 0 saturated heterocycles. The summed E-state index contributed by atoms with van der Waals surface area (Å²) in [7, 11) is 27.1. The van der Waals surface area contributed by atoms with Crippen LogP contribution in [0.4, 0.5) is 0 Å². The van der Waals surface area contributed by atoms with Crippen molar-refractivity contribution in [1.82, 2.24) is 0 Å². The molecular weight excluding hydrogens is 393 g/mol. The zero-order valence-electron chi connectivity index (χ0n) is 8.96. The molecule has 0 fully saturated rings. The van der Waals surface area contributed by atoms with Crippen molar-refractivity contribution in [2.24, 2.45) is 0 Å². The Balaban J connectivity index is -0.000000144. The zero-order chi connectivity index (χ0) is 13.1. The third-order valence-electron chi connectivity index (χ3n) is 0.462. The van der Waals surface area contributed by atoms with Gasteiger partial charge in [0, 0.05) is 0 Å². The first-order chi connectivity index (χ1) is 6.54. The van der Waals surface area contributed by atoms with Crippen LogP contribution in [0.2, 0.25) is 0 Å². The summed E-state index contributed by atoms with van der Waals surface area (Å²) in [6.45, 7) is 0. The topological polar surface area (TPSA) is 46.5 Å². The summed E-state index contributed by atoms with van der Waals surface area (Å²) in [5.41, 5.74) is 0. The van der Waals surface area contributed by atoms with Crippen molar-refractivity contribution in [3.05, 3.63) is 0 Å². The van der Waals surface area contributed by atoms with E-state index >= 15 is 0 Å². The van der Waals surface area contributed by atoms with Crippen LogP contribution >= 0.6 is 35.7 Å². The number of aliphatic hydroxyl groups excluding tert-OH is 2. The van der Waals surface area contributed by atoms with Crippen molar-refractivity contribution < 1.29 is 19.4 Å². The van der Waals surface area contributed by atoms with Crippen molar-refractivity contribution in [1.29, 1.82) is 0 Å². The van der Waals surface area contributed by atoms with E-state index in [1.165, 1.54) is 0 Å². The Morgan fingerprint density at radius 2 is 0.867 bits per heavy atom. The van der Waals surface area contributed by atoms with Crippen LogP contribution in [-0.2, 0) is 0 Å². The van der Waals surface area contributed by atoms with E-state index in [2.05, 4.69) is 0 Å². The minimum absolute atomic E-state index is 1.00. The minimum atomic E-state index is -3.29. The van der Waals surface area contributed by atoms with E-state index in [1.54, 1.807) is 37.3 Å². The Labute approximate surface area is 109 Å². The van der Waals surface area contributed by atoms with E-state index in [9.17, 15) is 0 Å². The number of nitrogens with zero attached hydrogens (tertiary/aromatic N) is 2. The average molecular weight is 409 g/mol. The zero-order valence-corrected chi connectivity index (χ0v) is 14.8. The van der Waals surface area contributed by atoms with E-state index in [0.717, 1.165) is 12.8 Å². The van der Waals surface area contributed by atoms with E-state index in [-0.39, 0.29) is 0 Å². The van der Waals surface area contributed by atoms with E-state index < -0.39 is 13.9 Å². The van der Waals surface area contributed by atoms with Gasteiger partial charge in [0.2, 0.25) is 0 Å². The van der Waals surface area contributed by atoms with Crippen LogP contribution in [0.3, 0.4) is 0 Å². The summed E-state index contributed by atoms with van der Waals surface area (Å²) in [5, 5.41) is 15.9. The maximum atomic E-state index is 7.94. The first-order valence-electron chi connectivity index (χ1n) is 3.58. The van der Waals surface area contributed by atoms with Crippen LogP contribution in [0, 0.1) is 0 Å². The van der Waals surface area contributed by atoms with Gasteiger partial charge in [0.05, 0.1) is 0 Å². The third kappa shape index (κ3) is 103. The fourth-order valence-corrected chi connectivity index (χ4v) is 0. The van der Waals surface area contributed by atoms with Gasteiger partial charge in [-0.25, -0.2) is 9.15 Å². The van der Waals surface area contributed by atoms with Gasteiger partial charge in [0.15, 0.2) is 0 Å². The molecule has 0 bridgehead atoms. The number of halogens is 4. The molecule has 0 rings (SSSR count). The van der Waals surface area contributed by atoms with Gasteiger partial charge in [-0.3, -0.25) is 0 Å². The Bertz CT molecular complexity index is 176. The van der Waals surface area contributed by atoms with Gasteiger partial charge in [0.1, 0.15) is 28.2 Å². The molecule has 2 N–H and O–H groups in total. The molecule has 0 radical (unpaired) electrons. The summed E-state index contributed by atoms with van der Waals surface area (Å²) < 4.78 is 3.11. The maximum absolute atomic E-state index is 7.94. The Morgan fingerprint density at radius 3 is 0.867 bits per heavy atom. The molecule has 0 saturated carbocycles. The third-order valence-corrected chi connectivity index (χ3v) is 0.462. The summed E-state index contributed by atoms with van der Waals surface area (Å²) >= 11 is -3.29. The van der Waals surface area contributed by atoms with Crippen molar-refractivity contribution in [3.63, 3.8) is 0 Å². The van der Waals surface area contributed by atoms with E-state index in [1.807, 2.05) is 0 Å². The van der Waals surface area contributed by atoms with Crippen LogP contribution in [0.25, 0.3) is 0 Å². The van der Waals surface area contributed by atoms with Crippen LogP contribution in [-0.4, -0.2) is 74.2 Å². The molecule has 0 unspecified atom stereocenters.